The van der Waals surface area contributed by atoms with E-state index in [1.54, 1.807) is 36.6 Å². The van der Waals surface area contributed by atoms with Crippen molar-refractivity contribution in [3.63, 3.8) is 0 Å². The van der Waals surface area contributed by atoms with Crippen LogP contribution >= 0.6 is 0 Å². The SMILES string of the molecule is COc1c([C@H]2[C@H](C(=O)Nc3ccc4c(c3)CN(CCC3CCN3C(=O)OC(C)(C)C)C4=O)O[C@@](C)(C(F)(F)F)[C@H]2OC)ccc(F)c1F. The maximum Gasteiger partial charge on any atom is 0.419 e. The topological polar surface area (TPSA) is 107 Å². The zero-order valence-electron chi connectivity index (χ0n) is 27.4. The Bertz CT molecular complexity index is 1600. The predicted molar refractivity (Wildman–Crippen MR) is 162 cm³/mol. The van der Waals surface area contributed by atoms with Crippen molar-refractivity contribution >= 4 is 23.6 Å². The zero-order chi connectivity index (χ0) is 35.3. The first kappa shape index (κ1) is 35.3. The van der Waals surface area contributed by atoms with E-state index in [9.17, 15) is 36.3 Å². The summed E-state index contributed by atoms with van der Waals surface area (Å²) in [6.45, 7) is 7.23. The molecule has 1 unspecified atom stereocenters. The monoisotopic (exact) mass is 683 g/mol. The van der Waals surface area contributed by atoms with Crippen LogP contribution in [0.1, 0.15) is 67.9 Å². The lowest BCUT2D eigenvalue weighted by atomic mass is 9.82. The molecule has 0 bridgehead atoms. The van der Waals surface area contributed by atoms with Crippen molar-refractivity contribution in [2.45, 2.75) is 88.6 Å². The Morgan fingerprint density at radius 2 is 1.81 bits per heavy atom. The Balaban J connectivity index is 1.33. The van der Waals surface area contributed by atoms with Crippen LogP contribution in [0, 0.1) is 11.6 Å². The fourth-order valence-corrected chi connectivity index (χ4v) is 6.52. The lowest BCUT2D eigenvalue weighted by Crippen LogP contribution is -2.53. The summed E-state index contributed by atoms with van der Waals surface area (Å²) >= 11 is 0. The number of hydrogen-bond donors (Lipinski definition) is 1. The van der Waals surface area contributed by atoms with Crippen molar-refractivity contribution in [3.05, 3.63) is 58.7 Å². The van der Waals surface area contributed by atoms with E-state index in [-0.39, 0.29) is 29.7 Å². The van der Waals surface area contributed by atoms with Gasteiger partial charge in [0.1, 0.15) is 17.8 Å². The van der Waals surface area contributed by atoms with Crippen LogP contribution in [0.5, 0.6) is 5.75 Å². The quantitative estimate of drug-likeness (QED) is 0.352. The summed E-state index contributed by atoms with van der Waals surface area (Å²) in [6.07, 6.45) is -7.83. The van der Waals surface area contributed by atoms with Gasteiger partial charge in [-0.25, -0.2) is 9.18 Å². The van der Waals surface area contributed by atoms with E-state index in [0.717, 1.165) is 39.7 Å². The van der Waals surface area contributed by atoms with Crippen molar-refractivity contribution in [3.8, 4) is 5.75 Å². The first-order chi connectivity index (χ1) is 22.4. The zero-order valence-corrected chi connectivity index (χ0v) is 27.4. The Kier molecular flexibility index (Phi) is 9.42. The first-order valence-corrected chi connectivity index (χ1v) is 15.4. The molecular weight excluding hydrogens is 645 g/mol. The van der Waals surface area contributed by atoms with Crippen LogP contribution in [0.25, 0.3) is 0 Å². The third-order valence-electron chi connectivity index (χ3n) is 9.04. The van der Waals surface area contributed by atoms with Gasteiger partial charge in [-0.15, -0.1) is 0 Å². The molecule has 2 aromatic carbocycles. The number of hydrogen-bond acceptors (Lipinski definition) is 7. The van der Waals surface area contributed by atoms with Crippen molar-refractivity contribution in [2.75, 3.05) is 32.6 Å². The predicted octanol–water partition coefficient (Wildman–Crippen LogP) is 5.79. The van der Waals surface area contributed by atoms with Crippen LogP contribution in [0.2, 0.25) is 0 Å². The van der Waals surface area contributed by atoms with Crippen LogP contribution < -0.4 is 10.1 Å². The molecule has 3 amide bonds. The maximum absolute atomic E-state index is 14.7. The van der Waals surface area contributed by atoms with E-state index >= 15 is 0 Å². The molecule has 0 radical (unpaired) electrons. The molecule has 48 heavy (non-hydrogen) atoms. The summed E-state index contributed by atoms with van der Waals surface area (Å²) in [6, 6.07) is 6.17. The van der Waals surface area contributed by atoms with Gasteiger partial charge in [-0.1, -0.05) is 6.07 Å². The number of benzene rings is 2. The Morgan fingerprint density at radius 1 is 1.10 bits per heavy atom. The molecule has 15 heteroatoms. The molecule has 1 N–H and O–H groups in total. The van der Waals surface area contributed by atoms with Gasteiger partial charge in [0.15, 0.2) is 17.2 Å². The highest BCUT2D eigenvalue weighted by Crippen LogP contribution is 2.52. The number of carbonyl (C=O) groups is 3. The molecule has 2 fully saturated rings. The highest BCUT2D eigenvalue weighted by Gasteiger charge is 2.68. The minimum Gasteiger partial charge on any atom is -0.493 e. The summed E-state index contributed by atoms with van der Waals surface area (Å²) in [5, 5.41) is 2.56. The molecule has 3 aliphatic rings. The number of carbonyl (C=O) groups excluding carboxylic acids is 3. The number of likely N-dealkylation sites (tertiary alicyclic amines) is 1. The van der Waals surface area contributed by atoms with E-state index < -0.39 is 64.9 Å². The van der Waals surface area contributed by atoms with E-state index in [0.29, 0.717) is 30.6 Å². The number of alkyl halides is 3. The van der Waals surface area contributed by atoms with Gasteiger partial charge in [-0.3, -0.25) is 9.59 Å². The summed E-state index contributed by atoms with van der Waals surface area (Å²) in [5.41, 5.74) is -2.72. The van der Waals surface area contributed by atoms with Crippen molar-refractivity contribution in [1.29, 1.82) is 0 Å². The molecule has 2 saturated heterocycles. The molecule has 2 aromatic rings. The summed E-state index contributed by atoms with van der Waals surface area (Å²) in [7, 11) is 2.02. The van der Waals surface area contributed by atoms with Gasteiger partial charge in [0, 0.05) is 49.6 Å². The van der Waals surface area contributed by atoms with Crippen LogP contribution in [0.4, 0.5) is 32.4 Å². The average Bonchev–Trinajstić information content (AvgIpc) is 3.46. The number of nitrogens with zero attached hydrogens (tertiary/aromatic N) is 2. The highest BCUT2D eigenvalue weighted by molar-refractivity contribution is 6.00. The fourth-order valence-electron chi connectivity index (χ4n) is 6.52. The second-order valence-corrected chi connectivity index (χ2v) is 13.3. The molecule has 0 spiro atoms. The third kappa shape index (κ3) is 6.41. The molecule has 10 nitrogen and oxygen atoms in total. The number of amides is 3. The van der Waals surface area contributed by atoms with Crippen LogP contribution in [0.15, 0.2) is 30.3 Å². The second kappa shape index (κ2) is 12.8. The van der Waals surface area contributed by atoms with Crippen molar-refractivity contribution in [2.24, 2.45) is 0 Å². The van der Waals surface area contributed by atoms with Gasteiger partial charge >= 0.3 is 12.3 Å². The molecule has 0 aliphatic carbocycles. The van der Waals surface area contributed by atoms with E-state index in [2.05, 4.69) is 5.32 Å². The molecule has 3 heterocycles. The molecule has 0 aromatic heterocycles. The number of ether oxygens (including phenoxy) is 4. The molecular formula is C33H38F5N3O7. The number of nitrogens with one attached hydrogen (secondary N) is 1. The molecule has 5 atom stereocenters. The smallest absolute Gasteiger partial charge is 0.419 e. The average molecular weight is 684 g/mol. The van der Waals surface area contributed by atoms with Crippen molar-refractivity contribution < 1.29 is 55.3 Å². The molecule has 0 saturated carbocycles. The molecule has 3 aliphatic heterocycles. The Labute approximate surface area is 274 Å². The van der Waals surface area contributed by atoms with E-state index in [1.165, 1.54) is 12.1 Å². The number of halogens is 5. The molecule has 5 rings (SSSR count). The first-order valence-electron chi connectivity index (χ1n) is 15.4. The Hall–Kier alpha value is -3.98. The van der Waals surface area contributed by atoms with Gasteiger partial charge in [-0.05, 0) is 70.4 Å². The lowest BCUT2D eigenvalue weighted by molar-refractivity contribution is -0.283. The number of methoxy groups -OCH3 is 2. The van der Waals surface area contributed by atoms with Crippen LogP contribution in [0.3, 0.4) is 0 Å². The van der Waals surface area contributed by atoms with Gasteiger partial charge in [0.25, 0.3) is 11.8 Å². The second-order valence-electron chi connectivity index (χ2n) is 13.3. The minimum absolute atomic E-state index is 0.0721. The van der Waals surface area contributed by atoms with Crippen LogP contribution in [-0.2, 0) is 25.5 Å². The number of anilines is 1. The van der Waals surface area contributed by atoms with Gasteiger partial charge in [-0.2, -0.15) is 17.6 Å². The minimum atomic E-state index is -5.02. The summed E-state index contributed by atoms with van der Waals surface area (Å²) < 4.78 is 93.0. The third-order valence-corrected chi connectivity index (χ3v) is 9.04. The maximum atomic E-state index is 14.7. The largest absolute Gasteiger partial charge is 0.493 e. The van der Waals surface area contributed by atoms with Crippen molar-refractivity contribution in [1.82, 2.24) is 9.80 Å². The van der Waals surface area contributed by atoms with E-state index in [1.807, 2.05) is 0 Å². The lowest BCUT2D eigenvalue weighted by Gasteiger charge is -2.42. The van der Waals surface area contributed by atoms with Gasteiger partial charge in [0.2, 0.25) is 5.82 Å². The van der Waals surface area contributed by atoms with Crippen LogP contribution in [-0.4, -0.2) is 90.6 Å². The fraction of sp³-hybridized carbons (Fsp3) is 0.545. The standard InChI is InChI=1S/C33H38F5N3O7/c1-31(2,3)48-30(44)41-14-12-19(41)11-13-40-16-17-15-18(7-8-20(17)29(40)43)39-28(42)26-23(21-9-10-22(34)24(35)25(21)45-5)27(46-6)32(4,47-26)33(36,37)38/h7-10,15,19,23,26-27H,11-14,16H2,1-6H3,(H,39,42)/t19?,23-,26+,27-,32+/m0/s1. The summed E-state index contributed by atoms with van der Waals surface area (Å²) in [5.74, 6) is -6.22. The summed E-state index contributed by atoms with van der Waals surface area (Å²) in [4.78, 5) is 42.5. The Morgan fingerprint density at radius 3 is 2.40 bits per heavy atom. The molecule has 262 valence electrons. The van der Waals surface area contributed by atoms with E-state index in [4.69, 9.17) is 18.9 Å². The normalized spacial score (nSPS) is 25.5. The number of rotatable bonds is 8. The van der Waals surface area contributed by atoms with Gasteiger partial charge in [0.05, 0.1) is 13.0 Å². The van der Waals surface area contributed by atoms with Gasteiger partial charge < -0.3 is 34.1 Å². The highest BCUT2D eigenvalue weighted by atomic mass is 19.4. The number of fused-ring (bicyclic) bond motifs is 1.